The molecule has 0 spiro atoms. The zero-order valence-corrected chi connectivity index (χ0v) is 8.65. The van der Waals surface area contributed by atoms with Crippen LogP contribution in [0, 0.1) is 0 Å². The van der Waals surface area contributed by atoms with Crippen molar-refractivity contribution in [3.8, 4) is 5.75 Å². The number of hydrogen-bond donors (Lipinski definition) is 0. The van der Waals surface area contributed by atoms with Crippen molar-refractivity contribution in [1.82, 2.24) is 0 Å². The molecule has 0 aromatic heterocycles. The van der Waals surface area contributed by atoms with E-state index in [1.165, 1.54) is 7.11 Å². The summed E-state index contributed by atoms with van der Waals surface area (Å²) < 4.78 is 4.73. The molecule has 0 saturated carbocycles. The molecule has 0 atom stereocenters. The number of methoxy groups -OCH3 is 1. The third-order valence-electron chi connectivity index (χ3n) is 1.38. The lowest BCUT2D eigenvalue weighted by Gasteiger charge is -2.02. The fourth-order valence-electron chi connectivity index (χ4n) is 0.789. The van der Waals surface area contributed by atoms with Gasteiger partial charge in [0.05, 0.1) is 12.1 Å². The van der Waals surface area contributed by atoms with Gasteiger partial charge in [-0.1, -0.05) is 11.6 Å². The molecule has 4 heteroatoms. The van der Waals surface area contributed by atoms with E-state index in [2.05, 4.69) is 15.9 Å². The van der Waals surface area contributed by atoms with Crippen LogP contribution in [0.3, 0.4) is 0 Å². The van der Waals surface area contributed by atoms with Gasteiger partial charge in [-0.3, -0.25) is 4.79 Å². The summed E-state index contributed by atoms with van der Waals surface area (Å²) in [6.45, 7) is 0. The van der Waals surface area contributed by atoms with E-state index in [0.29, 0.717) is 16.3 Å². The molecule has 0 N–H and O–H groups in total. The maximum Gasteiger partial charge on any atom is 0.228 e. The molecular weight excluding hydrogens is 243 g/mol. The average molecular weight is 249 g/mol. The molecule has 0 aliphatic heterocycles. The van der Waals surface area contributed by atoms with E-state index >= 15 is 0 Å². The SMILES string of the molecule is COc1ccc(C(=O)Br)cc1Cl. The maximum absolute atomic E-state index is 10.8. The van der Waals surface area contributed by atoms with Crippen LogP contribution in [0.1, 0.15) is 10.4 Å². The van der Waals surface area contributed by atoms with Gasteiger partial charge in [0.1, 0.15) is 5.75 Å². The number of ether oxygens (including phenoxy) is 1. The molecule has 2 nitrogen and oxygen atoms in total. The summed E-state index contributed by atoms with van der Waals surface area (Å²) in [5, 5.41) is 0.433. The van der Waals surface area contributed by atoms with E-state index in [0.717, 1.165) is 0 Å². The minimum Gasteiger partial charge on any atom is -0.495 e. The Hall–Kier alpha value is -0.540. The highest BCUT2D eigenvalue weighted by Gasteiger charge is 2.05. The highest BCUT2D eigenvalue weighted by Crippen LogP contribution is 2.25. The first-order valence-electron chi connectivity index (χ1n) is 3.18. The first-order valence-corrected chi connectivity index (χ1v) is 4.35. The molecule has 0 heterocycles. The summed E-state index contributed by atoms with van der Waals surface area (Å²) in [6, 6.07) is 4.84. The van der Waals surface area contributed by atoms with Crippen LogP contribution in [-0.2, 0) is 0 Å². The van der Waals surface area contributed by atoms with Gasteiger partial charge in [0.15, 0.2) is 0 Å². The summed E-state index contributed by atoms with van der Waals surface area (Å²) in [4.78, 5) is 10.8. The lowest BCUT2D eigenvalue weighted by atomic mass is 10.2. The number of rotatable bonds is 2. The molecule has 0 unspecified atom stereocenters. The molecule has 0 saturated heterocycles. The van der Waals surface area contributed by atoms with Crippen molar-refractivity contribution in [1.29, 1.82) is 0 Å². The molecule has 1 aromatic rings. The van der Waals surface area contributed by atoms with Crippen LogP contribution in [0.2, 0.25) is 5.02 Å². The topological polar surface area (TPSA) is 26.3 Å². The Kier molecular flexibility index (Phi) is 3.12. The fraction of sp³-hybridized carbons (Fsp3) is 0.125. The van der Waals surface area contributed by atoms with Crippen molar-refractivity contribution in [3.05, 3.63) is 28.8 Å². The van der Waals surface area contributed by atoms with Crippen LogP contribution in [0.4, 0.5) is 0 Å². The Bertz CT molecular complexity index is 312. The van der Waals surface area contributed by atoms with Crippen molar-refractivity contribution in [3.63, 3.8) is 0 Å². The van der Waals surface area contributed by atoms with E-state index in [9.17, 15) is 4.79 Å². The van der Waals surface area contributed by atoms with Gasteiger partial charge in [-0.25, -0.2) is 0 Å². The van der Waals surface area contributed by atoms with Crippen molar-refractivity contribution in [2.24, 2.45) is 0 Å². The minimum atomic E-state index is -0.188. The standard InChI is InChI=1S/C8H6BrClO2/c1-12-7-3-2-5(8(9)11)4-6(7)10/h2-4H,1H3. The average Bonchev–Trinajstić information content (AvgIpc) is 2.04. The molecule has 12 heavy (non-hydrogen) atoms. The predicted octanol–water partition coefficient (Wildman–Crippen LogP) is 2.88. The van der Waals surface area contributed by atoms with E-state index in [1.807, 2.05) is 0 Å². The number of benzene rings is 1. The molecule has 0 aliphatic carbocycles. The van der Waals surface area contributed by atoms with Crippen molar-refractivity contribution in [2.75, 3.05) is 7.11 Å². The molecule has 0 aliphatic rings. The first kappa shape index (κ1) is 9.55. The van der Waals surface area contributed by atoms with Crippen LogP contribution >= 0.6 is 27.5 Å². The van der Waals surface area contributed by atoms with Crippen molar-refractivity contribution < 1.29 is 9.53 Å². The number of hydrogen-bond acceptors (Lipinski definition) is 2. The van der Waals surface area contributed by atoms with Crippen LogP contribution in [0.15, 0.2) is 18.2 Å². The molecule has 0 bridgehead atoms. The number of carbonyl (C=O) groups excluding carboxylic acids is 1. The van der Waals surface area contributed by atoms with Gasteiger partial charge in [0, 0.05) is 5.56 Å². The minimum absolute atomic E-state index is 0.188. The molecule has 1 aromatic carbocycles. The van der Waals surface area contributed by atoms with Crippen LogP contribution in [0.5, 0.6) is 5.75 Å². The Morgan fingerprint density at radius 2 is 2.25 bits per heavy atom. The Morgan fingerprint density at radius 3 is 2.67 bits per heavy atom. The molecular formula is C8H6BrClO2. The van der Waals surface area contributed by atoms with Gasteiger partial charge in [-0.05, 0) is 34.1 Å². The van der Waals surface area contributed by atoms with E-state index in [4.69, 9.17) is 16.3 Å². The van der Waals surface area contributed by atoms with Gasteiger partial charge in [-0.15, -0.1) is 0 Å². The van der Waals surface area contributed by atoms with Crippen LogP contribution in [0.25, 0.3) is 0 Å². The van der Waals surface area contributed by atoms with Crippen LogP contribution < -0.4 is 4.74 Å². The molecule has 0 radical (unpaired) electrons. The summed E-state index contributed by atoms with van der Waals surface area (Å²) in [5.74, 6) is 0.564. The van der Waals surface area contributed by atoms with E-state index in [-0.39, 0.29) is 4.69 Å². The third-order valence-corrected chi connectivity index (χ3v) is 2.13. The normalized spacial score (nSPS) is 9.58. The zero-order valence-electron chi connectivity index (χ0n) is 6.30. The quantitative estimate of drug-likeness (QED) is 0.753. The van der Waals surface area contributed by atoms with Gasteiger partial charge >= 0.3 is 0 Å². The monoisotopic (exact) mass is 248 g/mol. The second kappa shape index (κ2) is 3.92. The smallest absolute Gasteiger partial charge is 0.228 e. The molecule has 0 fully saturated rings. The van der Waals surface area contributed by atoms with Gasteiger partial charge in [0.25, 0.3) is 0 Å². The summed E-state index contributed by atoms with van der Waals surface area (Å²) >= 11 is 8.60. The predicted molar refractivity (Wildman–Crippen MR) is 51.3 cm³/mol. The summed E-state index contributed by atoms with van der Waals surface area (Å²) in [6.07, 6.45) is 0. The largest absolute Gasteiger partial charge is 0.495 e. The summed E-state index contributed by atoms with van der Waals surface area (Å²) in [7, 11) is 1.52. The zero-order chi connectivity index (χ0) is 9.14. The maximum atomic E-state index is 10.8. The highest BCUT2D eigenvalue weighted by molar-refractivity contribution is 9.18. The van der Waals surface area contributed by atoms with Gasteiger partial charge in [-0.2, -0.15) is 0 Å². The third kappa shape index (κ3) is 1.99. The first-order chi connectivity index (χ1) is 5.65. The summed E-state index contributed by atoms with van der Waals surface area (Å²) in [5.41, 5.74) is 0.515. The Balaban J connectivity index is 3.10. The second-order valence-electron chi connectivity index (χ2n) is 2.12. The highest BCUT2D eigenvalue weighted by atomic mass is 79.9. The lowest BCUT2D eigenvalue weighted by molar-refractivity contribution is 0.109. The Morgan fingerprint density at radius 1 is 1.58 bits per heavy atom. The van der Waals surface area contributed by atoms with E-state index < -0.39 is 0 Å². The van der Waals surface area contributed by atoms with Crippen molar-refractivity contribution >= 4 is 32.2 Å². The molecule has 1 rings (SSSR count). The lowest BCUT2D eigenvalue weighted by Crippen LogP contribution is -1.89. The Labute approximate surface area is 83.6 Å². The number of halogens is 2. The molecule has 64 valence electrons. The fourth-order valence-corrected chi connectivity index (χ4v) is 1.29. The van der Waals surface area contributed by atoms with E-state index in [1.54, 1.807) is 18.2 Å². The molecule has 0 amide bonds. The van der Waals surface area contributed by atoms with Crippen LogP contribution in [-0.4, -0.2) is 11.8 Å². The van der Waals surface area contributed by atoms with Gasteiger partial charge in [0.2, 0.25) is 4.69 Å². The van der Waals surface area contributed by atoms with Gasteiger partial charge < -0.3 is 4.74 Å². The second-order valence-corrected chi connectivity index (χ2v) is 3.25. The van der Waals surface area contributed by atoms with Crippen molar-refractivity contribution in [2.45, 2.75) is 0 Å². The number of carbonyl (C=O) groups is 1.